The SMILES string of the molecule is CC[C@@]1(N2CCN(C(=O)c3cccc(C(F)(F)F)c3)CC2)CCN(S(C)(=O)=O)C1. The molecule has 0 bridgehead atoms. The van der Waals surface area contributed by atoms with Crippen LogP contribution in [0.4, 0.5) is 13.2 Å². The van der Waals surface area contributed by atoms with Gasteiger partial charge >= 0.3 is 6.18 Å². The Morgan fingerprint density at radius 3 is 2.31 bits per heavy atom. The third-order valence-corrected chi connectivity index (χ3v) is 7.35. The normalized spacial score (nSPS) is 24.8. The topological polar surface area (TPSA) is 60.9 Å². The van der Waals surface area contributed by atoms with Crippen LogP contribution in [0.15, 0.2) is 24.3 Å². The van der Waals surface area contributed by atoms with Crippen molar-refractivity contribution in [3.63, 3.8) is 0 Å². The fourth-order valence-corrected chi connectivity index (χ4v) is 5.17. The Kier molecular flexibility index (Phi) is 5.99. The van der Waals surface area contributed by atoms with E-state index in [1.165, 1.54) is 22.7 Å². The van der Waals surface area contributed by atoms with Crippen molar-refractivity contribution in [3.05, 3.63) is 35.4 Å². The van der Waals surface area contributed by atoms with Crippen molar-refractivity contribution in [2.75, 3.05) is 45.5 Å². The average molecular weight is 433 g/mol. The van der Waals surface area contributed by atoms with Crippen molar-refractivity contribution in [2.45, 2.75) is 31.5 Å². The number of amides is 1. The van der Waals surface area contributed by atoms with Gasteiger partial charge in [-0.2, -0.15) is 13.2 Å². The smallest absolute Gasteiger partial charge is 0.336 e. The van der Waals surface area contributed by atoms with Crippen LogP contribution in [-0.4, -0.2) is 79.5 Å². The van der Waals surface area contributed by atoms with Crippen LogP contribution in [-0.2, 0) is 16.2 Å². The standard InChI is InChI=1S/C19H26F3N3O3S/c1-3-18(7-8-25(14-18)29(2,27)28)24-11-9-23(10-12-24)17(26)15-5-4-6-16(13-15)19(20,21)22/h4-6,13H,3,7-12,14H2,1-2H3/t18-/m1/s1. The highest BCUT2D eigenvalue weighted by molar-refractivity contribution is 7.88. The summed E-state index contributed by atoms with van der Waals surface area (Å²) >= 11 is 0. The quantitative estimate of drug-likeness (QED) is 0.731. The Bertz CT molecular complexity index is 867. The van der Waals surface area contributed by atoms with Crippen molar-refractivity contribution in [1.29, 1.82) is 0 Å². The van der Waals surface area contributed by atoms with Gasteiger partial charge in [0.1, 0.15) is 0 Å². The number of carbonyl (C=O) groups excluding carboxylic acids is 1. The van der Waals surface area contributed by atoms with Crippen LogP contribution >= 0.6 is 0 Å². The molecule has 0 aliphatic carbocycles. The van der Waals surface area contributed by atoms with Gasteiger partial charge in [0.15, 0.2) is 0 Å². The molecule has 2 fully saturated rings. The van der Waals surface area contributed by atoms with E-state index in [-0.39, 0.29) is 11.1 Å². The van der Waals surface area contributed by atoms with Crippen LogP contribution in [0.3, 0.4) is 0 Å². The summed E-state index contributed by atoms with van der Waals surface area (Å²) in [5.41, 5.74) is -1.06. The summed E-state index contributed by atoms with van der Waals surface area (Å²) in [5.74, 6) is -0.412. The van der Waals surface area contributed by atoms with E-state index in [1.54, 1.807) is 4.90 Å². The fraction of sp³-hybridized carbons (Fsp3) is 0.632. The van der Waals surface area contributed by atoms with E-state index in [1.807, 2.05) is 6.92 Å². The first-order valence-electron chi connectivity index (χ1n) is 9.63. The molecule has 10 heteroatoms. The zero-order chi connectivity index (χ0) is 21.4. The second kappa shape index (κ2) is 7.88. The zero-order valence-corrected chi connectivity index (χ0v) is 17.4. The number of piperazine rings is 1. The molecule has 162 valence electrons. The van der Waals surface area contributed by atoms with Crippen LogP contribution in [0.5, 0.6) is 0 Å². The maximum atomic E-state index is 12.9. The van der Waals surface area contributed by atoms with Crippen molar-refractivity contribution < 1.29 is 26.4 Å². The number of halogens is 3. The van der Waals surface area contributed by atoms with Crippen LogP contribution in [0, 0.1) is 0 Å². The highest BCUT2D eigenvalue weighted by Gasteiger charge is 2.45. The number of rotatable bonds is 4. The Morgan fingerprint density at radius 1 is 1.14 bits per heavy atom. The van der Waals surface area contributed by atoms with Crippen LogP contribution < -0.4 is 0 Å². The maximum absolute atomic E-state index is 12.9. The number of carbonyl (C=O) groups is 1. The first kappa shape index (κ1) is 22.0. The molecular formula is C19H26F3N3O3S. The Labute approximate surface area is 169 Å². The first-order valence-corrected chi connectivity index (χ1v) is 11.5. The molecule has 0 saturated carbocycles. The molecule has 1 aromatic carbocycles. The molecule has 2 aliphatic heterocycles. The number of benzene rings is 1. The molecule has 0 spiro atoms. The van der Waals surface area contributed by atoms with Gasteiger partial charge in [0.05, 0.1) is 11.8 Å². The van der Waals surface area contributed by atoms with E-state index in [2.05, 4.69) is 4.90 Å². The lowest BCUT2D eigenvalue weighted by molar-refractivity contribution is -0.137. The van der Waals surface area contributed by atoms with Crippen molar-refractivity contribution >= 4 is 15.9 Å². The monoisotopic (exact) mass is 433 g/mol. The van der Waals surface area contributed by atoms with Crippen LogP contribution in [0.25, 0.3) is 0 Å². The summed E-state index contributed by atoms with van der Waals surface area (Å²) < 4.78 is 64.0. The summed E-state index contributed by atoms with van der Waals surface area (Å²) in [7, 11) is -3.25. The van der Waals surface area contributed by atoms with Crippen LogP contribution in [0.2, 0.25) is 0 Å². The predicted molar refractivity (Wildman–Crippen MR) is 103 cm³/mol. The minimum Gasteiger partial charge on any atom is -0.336 e. The maximum Gasteiger partial charge on any atom is 0.416 e. The number of hydrogen-bond donors (Lipinski definition) is 0. The van der Waals surface area contributed by atoms with Crippen molar-refractivity contribution in [3.8, 4) is 0 Å². The minimum atomic E-state index is -4.49. The molecule has 0 aromatic heterocycles. The molecule has 0 unspecified atom stereocenters. The van der Waals surface area contributed by atoms with Gasteiger partial charge in [-0.3, -0.25) is 9.69 Å². The molecule has 1 atom stereocenters. The summed E-state index contributed by atoms with van der Waals surface area (Å²) in [4.78, 5) is 16.5. The van der Waals surface area contributed by atoms with Crippen LogP contribution in [0.1, 0.15) is 35.7 Å². The van der Waals surface area contributed by atoms with E-state index >= 15 is 0 Å². The Morgan fingerprint density at radius 2 is 1.79 bits per heavy atom. The summed E-state index contributed by atoms with van der Waals surface area (Å²) in [6, 6.07) is 4.49. The summed E-state index contributed by atoms with van der Waals surface area (Å²) in [5, 5.41) is 0. The van der Waals surface area contributed by atoms with E-state index in [9.17, 15) is 26.4 Å². The van der Waals surface area contributed by atoms with E-state index < -0.39 is 27.7 Å². The molecule has 1 aromatic rings. The van der Waals surface area contributed by atoms with Gasteiger partial charge in [-0.15, -0.1) is 0 Å². The average Bonchev–Trinajstić information content (AvgIpc) is 3.13. The number of hydrogen-bond acceptors (Lipinski definition) is 4. The summed E-state index contributed by atoms with van der Waals surface area (Å²) in [6.07, 6.45) is -1.75. The highest BCUT2D eigenvalue weighted by Crippen LogP contribution is 2.34. The first-order chi connectivity index (χ1) is 13.5. The second-order valence-corrected chi connectivity index (χ2v) is 9.76. The number of alkyl halides is 3. The minimum absolute atomic E-state index is 0.0302. The lowest BCUT2D eigenvalue weighted by Gasteiger charge is -2.45. The lowest BCUT2D eigenvalue weighted by Crippen LogP contribution is -2.59. The second-order valence-electron chi connectivity index (χ2n) is 7.78. The van der Waals surface area contributed by atoms with E-state index in [0.717, 1.165) is 25.0 Å². The number of sulfonamides is 1. The fourth-order valence-electron chi connectivity index (χ4n) is 4.27. The van der Waals surface area contributed by atoms with Gasteiger partial charge in [0.2, 0.25) is 10.0 Å². The largest absolute Gasteiger partial charge is 0.416 e. The summed E-state index contributed by atoms with van der Waals surface area (Å²) in [6.45, 7) is 4.88. The molecule has 6 nitrogen and oxygen atoms in total. The predicted octanol–water partition coefficient (Wildman–Crippen LogP) is 2.28. The highest BCUT2D eigenvalue weighted by atomic mass is 32.2. The van der Waals surface area contributed by atoms with E-state index in [4.69, 9.17) is 0 Å². The molecule has 2 heterocycles. The molecular weight excluding hydrogens is 407 g/mol. The van der Waals surface area contributed by atoms with Gasteiger partial charge in [0.25, 0.3) is 5.91 Å². The molecule has 2 saturated heterocycles. The molecule has 1 amide bonds. The van der Waals surface area contributed by atoms with Gasteiger partial charge in [-0.25, -0.2) is 12.7 Å². The molecule has 2 aliphatic rings. The van der Waals surface area contributed by atoms with E-state index in [0.29, 0.717) is 39.3 Å². The lowest BCUT2D eigenvalue weighted by atomic mass is 9.92. The van der Waals surface area contributed by atoms with Crippen molar-refractivity contribution in [1.82, 2.24) is 14.1 Å². The molecule has 0 radical (unpaired) electrons. The van der Waals surface area contributed by atoms with Gasteiger partial charge in [-0.1, -0.05) is 13.0 Å². The molecule has 3 rings (SSSR count). The zero-order valence-electron chi connectivity index (χ0n) is 16.6. The molecule has 29 heavy (non-hydrogen) atoms. The molecule has 0 N–H and O–H groups in total. The van der Waals surface area contributed by atoms with Gasteiger partial charge < -0.3 is 4.90 Å². The number of nitrogens with zero attached hydrogens (tertiary/aromatic N) is 3. The van der Waals surface area contributed by atoms with Gasteiger partial charge in [-0.05, 0) is 31.0 Å². The third kappa shape index (κ3) is 4.59. The third-order valence-electron chi connectivity index (χ3n) is 6.10. The Hall–Kier alpha value is -1.65. The van der Waals surface area contributed by atoms with Crippen molar-refractivity contribution in [2.24, 2.45) is 0 Å². The van der Waals surface area contributed by atoms with Gasteiger partial charge in [0, 0.05) is 50.4 Å². The Balaban J connectivity index is 1.67.